The van der Waals surface area contributed by atoms with E-state index in [4.69, 9.17) is 21.3 Å². The van der Waals surface area contributed by atoms with Crippen LogP contribution in [0, 0.1) is 0 Å². The quantitative estimate of drug-likeness (QED) is 0.317. The summed E-state index contributed by atoms with van der Waals surface area (Å²) in [4.78, 5) is 22.0. The lowest BCUT2D eigenvalue weighted by atomic mass is 10.2. The van der Waals surface area contributed by atoms with Gasteiger partial charge in [-0.2, -0.15) is 0 Å². The first-order valence-corrected chi connectivity index (χ1v) is 11.8. The number of ether oxygens (including phenoxy) is 1. The second-order valence-electron chi connectivity index (χ2n) is 6.90. The van der Waals surface area contributed by atoms with Crippen molar-refractivity contribution in [2.75, 3.05) is 37.7 Å². The van der Waals surface area contributed by atoms with Gasteiger partial charge in [-0.25, -0.2) is 4.98 Å². The average Bonchev–Trinajstić information content (AvgIpc) is 3.21. The topological polar surface area (TPSA) is 45.7 Å². The minimum absolute atomic E-state index is 0. The molecule has 0 aliphatic carbocycles. The first-order valence-electron chi connectivity index (χ1n) is 10.6. The summed E-state index contributed by atoms with van der Waals surface area (Å²) in [7, 11) is 0. The predicted octanol–water partition coefficient (Wildman–Crippen LogP) is 6.16. The van der Waals surface area contributed by atoms with Gasteiger partial charge in [0, 0.05) is 24.2 Å². The summed E-state index contributed by atoms with van der Waals surface area (Å²) in [6.07, 6.45) is 3.33. The minimum Gasteiger partial charge on any atom is -0.492 e. The van der Waals surface area contributed by atoms with Crippen molar-refractivity contribution in [2.45, 2.75) is 20.8 Å². The standard InChI is InChI=1S/C24H28ClN3O2S.ClH/c1-4-27(5-2)16-17-28(22(29)15-14-18-10-7-8-11-19(18)25)24-26-23-20(30-6-3)12-9-13-21(23)31-24;/h7-15H,4-6,16-17H2,1-3H3;1H. The van der Waals surface area contributed by atoms with Crippen molar-refractivity contribution in [3.05, 3.63) is 59.1 Å². The molecule has 0 atom stereocenters. The van der Waals surface area contributed by atoms with Gasteiger partial charge < -0.3 is 9.64 Å². The number of anilines is 1. The molecule has 0 aliphatic heterocycles. The molecule has 8 heteroatoms. The Bertz CT molecular complexity index is 1050. The van der Waals surface area contributed by atoms with Crippen LogP contribution in [0.1, 0.15) is 26.3 Å². The number of amides is 1. The number of benzene rings is 2. The molecule has 0 bridgehead atoms. The third-order valence-corrected chi connectivity index (χ3v) is 6.40. The smallest absolute Gasteiger partial charge is 0.252 e. The van der Waals surface area contributed by atoms with E-state index in [0.717, 1.165) is 41.2 Å². The highest BCUT2D eigenvalue weighted by atomic mass is 35.5. The molecule has 0 N–H and O–H groups in total. The molecule has 3 rings (SSSR count). The van der Waals surface area contributed by atoms with Crippen molar-refractivity contribution < 1.29 is 9.53 Å². The van der Waals surface area contributed by atoms with Gasteiger partial charge in [0.25, 0.3) is 5.91 Å². The molecule has 3 aromatic rings. The summed E-state index contributed by atoms with van der Waals surface area (Å²) < 4.78 is 6.72. The van der Waals surface area contributed by atoms with Gasteiger partial charge in [0.2, 0.25) is 0 Å². The Hall–Kier alpha value is -2.12. The fourth-order valence-electron chi connectivity index (χ4n) is 3.24. The normalized spacial score (nSPS) is 11.2. The lowest BCUT2D eigenvalue weighted by molar-refractivity contribution is -0.114. The molecular formula is C24H29Cl2N3O2S. The van der Waals surface area contributed by atoms with Gasteiger partial charge in [-0.3, -0.25) is 9.69 Å². The molecule has 1 amide bonds. The Kier molecular flexibility index (Phi) is 10.5. The number of carbonyl (C=O) groups excluding carboxylic acids is 1. The van der Waals surface area contributed by atoms with Gasteiger partial charge in [-0.1, -0.05) is 61.1 Å². The van der Waals surface area contributed by atoms with E-state index < -0.39 is 0 Å². The molecule has 2 aromatic carbocycles. The number of likely N-dealkylation sites (N-methyl/N-ethyl adjacent to an activating group) is 1. The number of aromatic nitrogens is 1. The first-order chi connectivity index (χ1) is 15.1. The monoisotopic (exact) mass is 493 g/mol. The largest absolute Gasteiger partial charge is 0.492 e. The van der Waals surface area contributed by atoms with Crippen LogP contribution in [0.2, 0.25) is 5.02 Å². The maximum absolute atomic E-state index is 13.2. The Morgan fingerprint density at radius 1 is 1.09 bits per heavy atom. The Balaban J connectivity index is 0.00000363. The molecule has 0 saturated heterocycles. The Morgan fingerprint density at radius 3 is 2.53 bits per heavy atom. The molecule has 0 spiro atoms. The summed E-state index contributed by atoms with van der Waals surface area (Å²) >= 11 is 7.74. The van der Waals surface area contributed by atoms with Gasteiger partial charge >= 0.3 is 0 Å². The maximum Gasteiger partial charge on any atom is 0.252 e. The summed E-state index contributed by atoms with van der Waals surface area (Å²) in [6, 6.07) is 13.3. The van der Waals surface area contributed by atoms with Gasteiger partial charge in [-0.15, -0.1) is 12.4 Å². The van der Waals surface area contributed by atoms with Crippen LogP contribution in [0.5, 0.6) is 5.75 Å². The molecule has 32 heavy (non-hydrogen) atoms. The van der Waals surface area contributed by atoms with Gasteiger partial charge in [-0.05, 0) is 49.9 Å². The van der Waals surface area contributed by atoms with Crippen molar-refractivity contribution in [1.29, 1.82) is 0 Å². The van der Waals surface area contributed by atoms with E-state index in [1.165, 1.54) is 11.3 Å². The molecule has 0 radical (unpaired) electrons. The van der Waals surface area contributed by atoms with Gasteiger partial charge in [0.15, 0.2) is 5.13 Å². The molecule has 172 valence electrons. The van der Waals surface area contributed by atoms with Crippen LogP contribution < -0.4 is 9.64 Å². The Morgan fingerprint density at radius 2 is 1.84 bits per heavy atom. The zero-order valence-corrected chi connectivity index (χ0v) is 21.0. The van der Waals surface area contributed by atoms with Crippen molar-refractivity contribution in [3.63, 3.8) is 0 Å². The van der Waals surface area contributed by atoms with E-state index in [1.54, 1.807) is 17.1 Å². The number of carbonyl (C=O) groups is 1. The van der Waals surface area contributed by atoms with Crippen molar-refractivity contribution in [1.82, 2.24) is 9.88 Å². The van der Waals surface area contributed by atoms with Crippen LogP contribution in [0.4, 0.5) is 5.13 Å². The zero-order valence-electron chi connectivity index (χ0n) is 18.6. The van der Waals surface area contributed by atoms with Crippen LogP contribution in [0.25, 0.3) is 16.3 Å². The van der Waals surface area contributed by atoms with Crippen LogP contribution in [-0.2, 0) is 4.79 Å². The summed E-state index contributed by atoms with van der Waals surface area (Å²) in [5, 5.41) is 1.28. The molecule has 0 fully saturated rings. The van der Waals surface area contributed by atoms with E-state index in [-0.39, 0.29) is 18.3 Å². The molecule has 0 aliphatic rings. The third-order valence-electron chi connectivity index (χ3n) is 5.01. The highest BCUT2D eigenvalue weighted by Gasteiger charge is 2.20. The number of nitrogens with zero attached hydrogens (tertiary/aromatic N) is 3. The van der Waals surface area contributed by atoms with Gasteiger partial charge in [0.1, 0.15) is 11.3 Å². The van der Waals surface area contributed by atoms with Crippen LogP contribution >= 0.6 is 35.3 Å². The summed E-state index contributed by atoms with van der Waals surface area (Å²) in [6.45, 7) is 9.95. The molecule has 0 unspecified atom stereocenters. The van der Waals surface area contributed by atoms with E-state index in [9.17, 15) is 4.79 Å². The second kappa shape index (κ2) is 12.8. The fourth-order valence-corrected chi connectivity index (χ4v) is 4.45. The maximum atomic E-state index is 13.2. The lowest BCUT2D eigenvalue weighted by Gasteiger charge is -2.23. The number of rotatable bonds is 10. The number of halogens is 2. The molecule has 5 nitrogen and oxygen atoms in total. The summed E-state index contributed by atoms with van der Waals surface area (Å²) in [5.74, 6) is 0.620. The van der Waals surface area contributed by atoms with E-state index in [2.05, 4.69) is 18.7 Å². The predicted molar refractivity (Wildman–Crippen MR) is 139 cm³/mol. The highest BCUT2D eigenvalue weighted by molar-refractivity contribution is 7.22. The van der Waals surface area contributed by atoms with Crippen molar-refractivity contribution >= 4 is 62.7 Å². The second-order valence-corrected chi connectivity index (χ2v) is 8.32. The van der Waals surface area contributed by atoms with Crippen LogP contribution in [0.15, 0.2) is 48.5 Å². The number of hydrogen-bond acceptors (Lipinski definition) is 5. The van der Waals surface area contributed by atoms with Crippen molar-refractivity contribution in [2.24, 2.45) is 0 Å². The third kappa shape index (κ3) is 6.45. The minimum atomic E-state index is -0.121. The molecule has 1 aromatic heterocycles. The van der Waals surface area contributed by atoms with Crippen LogP contribution in [0.3, 0.4) is 0 Å². The summed E-state index contributed by atoms with van der Waals surface area (Å²) in [5.41, 5.74) is 1.60. The average molecular weight is 494 g/mol. The van der Waals surface area contributed by atoms with E-state index >= 15 is 0 Å². The number of para-hydroxylation sites is 1. The van der Waals surface area contributed by atoms with Crippen LogP contribution in [-0.4, -0.2) is 48.6 Å². The van der Waals surface area contributed by atoms with Crippen molar-refractivity contribution in [3.8, 4) is 5.75 Å². The van der Waals surface area contributed by atoms with Gasteiger partial charge in [0.05, 0.1) is 11.3 Å². The fraction of sp³-hybridized carbons (Fsp3) is 0.333. The molecule has 0 saturated carbocycles. The number of thiazole rings is 1. The van der Waals surface area contributed by atoms with E-state index in [1.807, 2.05) is 49.4 Å². The SMILES string of the molecule is CCOc1cccc2sc(N(CCN(CC)CC)C(=O)C=Cc3ccccc3Cl)nc12.Cl. The molecule has 1 heterocycles. The number of hydrogen-bond donors (Lipinski definition) is 0. The number of fused-ring (bicyclic) bond motifs is 1. The lowest BCUT2D eigenvalue weighted by Crippen LogP contribution is -2.38. The Labute approximate surface area is 205 Å². The highest BCUT2D eigenvalue weighted by Crippen LogP contribution is 2.34. The zero-order chi connectivity index (χ0) is 22.2. The first kappa shape index (κ1) is 26.1. The van der Waals surface area contributed by atoms with E-state index in [0.29, 0.717) is 23.3 Å². The molecular weight excluding hydrogens is 465 g/mol.